The summed E-state index contributed by atoms with van der Waals surface area (Å²) < 4.78 is 0. The molecule has 0 atom stereocenters. The number of aromatic amines is 2. The van der Waals surface area contributed by atoms with E-state index in [0.717, 1.165) is 16.8 Å². The van der Waals surface area contributed by atoms with Crippen LogP contribution in [0.5, 0.6) is 0 Å². The summed E-state index contributed by atoms with van der Waals surface area (Å²) >= 11 is 0. The molecule has 6 nitrogen and oxygen atoms in total. The average molecular weight is 255 g/mol. The van der Waals surface area contributed by atoms with Gasteiger partial charge in [0.05, 0.1) is 5.69 Å². The number of rotatable bonds is 4. The number of anilines is 1. The van der Waals surface area contributed by atoms with Crippen LogP contribution >= 0.6 is 0 Å². The number of imidazole rings is 1. The van der Waals surface area contributed by atoms with E-state index in [0.29, 0.717) is 18.2 Å². The Bertz CT molecular complexity index is 597. The summed E-state index contributed by atoms with van der Waals surface area (Å²) in [6.45, 7) is 0.433. The van der Waals surface area contributed by atoms with Gasteiger partial charge in [-0.05, 0) is 17.7 Å². The summed E-state index contributed by atoms with van der Waals surface area (Å²) in [5, 5.41) is 2.79. The minimum absolute atomic E-state index is 0.123. The van der Waals surface area contributed by atoms with Gasteiger partial charge >= 0.3 is 0 Å². The quantitative estimate of drug-likeness (QED) is 0.446. The lowest BCUT2D eigenvalue weighted by atomic mass is 9.87. The highest BCUT2D eigenvalue weighted by atomic mass is 16.1. The van der Waals surface area contributed by atoms with Gasteiger partial charge in [0.15, 0.2) is 13.8 Å². The van der Waals surface area contributed by atoms with Gasteiger partial charge < -0.3 is 21.0 Å². The molecule has 8 heteroatoms. The first kappa shape index (κ1) is 13.1. The van der Waals surface area contributed by atoms with Gasteiger partial charge in [-0.3, -0.25) is 4.79 Å². The summed E-state index contributed by atoms with van der Waals surface area (Å²) in [6, 6.07) is 1.84. The molecule has 1 amide bonds. The van der Waals surface area contributed by atoms with Crippen LogP contribution in [0.4, 0.5) is 5.95 Å². The molecule has 0 saturated carbocycles. The highest BCUT2D eigenvalue weighted by Gasteiger charge is 2.07. The minimum Gasteiger partial charge on any atom is -0.369 e. The van der Waals surface area contributed by atoms with E-state index in [2.05, 4.69) is 20.3 Å². The van der Waals surface area contributed by atoms with Crippen LogP contribution in [0.15, 0.2) is 18.3 Å². The number of nitrogens with zero attached hydrogens (tertiary/aromatic N) is 1. The Morgan fingerprint density at radius 1 is 1.53 bits per heavy atom. The minimum atomic E-state index is -0.123. The molecule has 2 aromatic rings. The predicted molar refractivity (Wildman–Crippen MR) is 81.5 cm³/mol. The van der Waals surface area contributed by atoms with E-state index in [9.17, 15) is 4.79 Å². The number of nitrogens with one attached hydrogen (secondary N) is 3. The largest absolute Gasteiger partial charge is 0.369 e. The Labute approximate surface area is 112 Å². The number of aromatic nitrogens is 3. The Kier molecular flexibility index (Phi) is 3.79. The number of nitrogens with two attached hydrogens (primary N) is 1. The zero-order chi connectivity index (χ0) is 13.8. The van der Waals surface area contributed by atoms with Crippen molar-refractivity contribution in [3.05, 3.63) is 29.7 Å². The van der Waals surface area contributed by atoms with Gasteiger partial charge in [0, 0.05) is 12.7 Å². The van der Waals surface area contributed by atoms with Crippen LogP contribution in [0, 0.1) is 0 Å². The fourth-order valence-corrected chi connectivity index (χ4v) is 1.65. The number of amides is 1. The first-order valence-corrected chi connectivity index (χ1v) is 5.98. The van der Waals surface area contributed by atoms with Crippen LogP contribution in [0.2, 0.25) is 0 Å². The molecule has 0 bridgehead atoms. The normalized spacial score (nSPS) is 10.9. The Balaban J connectivity index is 1.85. The zero-order valence-electron chi connectivity index (χ0n) is 10.9. The molecule has 0 aliphatic carbocycles. The van der Waals surface area contributed by atoms with E-state index in [1.54, 1.807) is 12.3 Å². The third kappa shape index (κ3) is 3.31. The average Bonchev–Trinajstić information content (AvgIpc) is 2.92. The second-order valence-corrected chi connectivity index (χ2v) is 4.31. The molecule has 0 aliphatic rings. The van der Waals surface area contributed by atoms with Gasteiger partial charge in [-0.15, -0.1) is 0 Å². The van der Waals surface area contributed by atoms with E-state index in [-0.39, 0.29) is 5.91 Å². The van der Waals surface area contributed by atoms with Gasteiger partial charge in [-0.1, -0.05) is 11.5 Å². The van der Waals surface area contributed by atoms with Crippen LogP contribution in [-0.2, 0) is 0 Å². The monoisotopic (exact) mass is 255 g/mol. The van der Waals surface area contributed by atoms with Crippen LogP contribution < -0.4 is 22.1 Å². The summed E-state index contributed by atoms with van der Waals surface area (Å²) in [5.41, 5.74) is 8.84. The third-order valence-electron chi connectivity index (χ3n) is 2.81. The second kappa shape index (κ2) is 5.51. The zero-order valence-corrected chi connectivity index (χ0v) is 10.9. The maximum atomic E-state index is 11.8. The number of carbonyl (C=O) groups is 1. The Morgan fingerprint density at radius 3 is 2.89 bits per heavy atom. The van der Waals surface area contributed by atoms with Crippen LogP contribution in [0.1, 0.15) is 16.2 Å². The molecule has 96 valence electrons. The van der Waals surface area contributed by atoms with Gasteiger partial charge in [0.2, 0.25) is 0 Å². The van der Waals surface area contributed by atoms with Crippen molar-refractivity contribution in [3.63, 3.8) is 0 Å². The molecule has 2 aromatic heterocycles. The standard InChI is InChI=1S/C11H15B2N5O/c12-7-4-8(18-9(7)13)10(19)15-3-1-2-6-5-16-11(14)17-6/h1-2,4-5,18H,3,12-13H2,(H,15,19)(H3,14,16,17)/b2-1+. The second-order valence-electron chi connectivity index (χ2n) is 4.31. The summed E-state index contributed by atoms with van der Waals surface area (Å²) in [4.78, 5) is 21.6. The lowest BCUT2D eigenvalue weighted by Crippen LogP contribution is -2.24. The predicted octanol–water partition coefficient (Wildman–Crippen LogP) is -2.72. The molecule has 0 radical (unpaired) electrons. The maximum absolute atomic E-state index is 11.8. The lowest BCUT2D eigenvalue weighted by Gasteiger charge is -1.99. The molecular formula is C11H15B2N5O. The van der Waals surface area contributed by atoms with Gasteiger partial charge in [0.25, 0.3) is 5.91 Å². The number of carbonyl (C=O) groups excluding carboxylic acids is 1. The first-order valence-electron chi connectivity index (χ1n) is 5.98. The Morgan fingerprint density at radius 2 is 2.32 bits per heavy atom. The topological polar surface area (TPSA) is 99.6 Å². The van der Waals surface area contributed by atoms with Crippen LogP contribution in [0.3, 0.4) is 0 Å². The van der Waals surface area contributed by atoms with Crippen LogP contribution in [0.25, 0.3) is 6.08 Å². The third-order valence-corrected chi connectivity index (χ3v) is 2.81. The van der Waals surface area contributed by atoms with Gasteiger partial charge in [-0.2, -0.15) is 0 Å². The van der Waals surface area contributed by atoms with Crippen molar-refractivity contribution < 1.29 is 4.79 Å². The SMILES string of the molecule is Bc1cc(C(=O)NC/C=C/c2c[nH]c(N)n2)[nH]c1B. The fraction of sp³-hybridized carbons (Fsp3) is 0.0909. The molecule has 2 heterocycles. The van der Waals surface area contributed by atoms with E-state index in [1.165, 1.54) is 0 Å². The highest BCUT2D eigenvalue weighted by Crippen LogP contribution is 1.99. The van der Waals surface area contributed by atoms with Crippen molar-refractivity contribution in [1.29, 1.82) is 0 Å². The van der Waals surface area contributed by atoms with E-state index >= 15 is 0 Å². The van der Waals surface area contributed by atoms with Crippen molar-refractivity contribution in [2.45, 2.75) is 0 Å². The van der Waals surface area contributed by atoms with Gasteiger partial charge in [0.1, 0.15) is 13.5 Å². The smallest absolute Gasteiger partial charge is 0.267 e. The number of hydrogen-bond donors (Lipinski definition) is 4. The van der Waals surface area contributed by atoms with E-state index < -0.39 is 0 Å². The Hall–Kier alpha value is -2.37. The molecule has 0 unspecified atom stereocenters. The molecule has 5 N–H and O–H groups in total. The summed E-state index contributed by atoms with van der Waals surface area (Å²) in [5.74, 6) is 0.253. The highest BCUT2D eigenvalue weighted by molar-refractivity contribution is 6.48. The summed E-state index contributed by atoms with van der Waals surface area (Å²) in [7, 11) is 3.90. The van der Waals surface area contributed by atoms with Crippen molar-refractivity contribution in [1.82, 2.24) is 20.3 Å². The fourth-order valence-electron chi connectivity index (χ4n) is 1.65. The molecule has 0 spiro atoms. The van der Waals surface area contributed by atoms with Crippen molar-refractivity contribution >= 4 is 44.7 Å². The first-order chi connectivity index (χ1) is 9.06. The van der Waals surface area contributed by atoms with Crippen molar-refractivity contribution in [2.24, 2.45) is 0 Å². The molecule has 0 saturated heterocycles. The van der Waals surface area contributed by atoms with Gasteiger partial charge in [-0.25, -0.2) is 4.98 Å². The molecule has 0 aromatic carbocycles. The van der Waals surface area contributed by atoms with Crippen molar-refractivity contribution in [3.8, 4) is 0 Å². The van der Waals surface area contributed by atoms with E-state index in [1.807, 2.05) is 27.8 Å². The summed E-state index contributed by atoms with van der Waals surface area (Å²) in [6.07, 6.45) is 5.31. The number of nitrogen functional groups attached to an aromatic ring is 1. The molecule has 19 heavy (non-hydrogen) atoms. The molecule has 0 aliphatic heterocycles. The maximum Gasteiger partial charge on any atom is 0.267 e. The number of hydrogen-bond acceptors (Lipinski definition) is 3. The molecule has 0 fully saturated rings. The van der Waals surface area contributed by atoms with E-state index in [4.69, 9.17) is 5.73 Å². The molecular weight excluding hydrogens is 240 g/mol. The molecule has 2 rings (SSSR count). The van der Waals surface area contributed by atoms with Crippen LogP contribution in [-0.4, -0.2) is 43.1 Å². The van der Waals surface area contributed by atoms with Crippen molar-refractivity contribution in [2.75, 3.05) is 12.3 Å². The number of H-pyrrole nitrogens is 2. The lowest BCUT2D eigenvalue weighted by molar-refractivity contribution is 0.0954.